The molecule has 0 unspecified atom stereocenters. The summed E-state index contributed by atoms with van der Waals surface area (Å²) in [6.07, 6.45) is 7.18. The zero-order valence-corrected chi connectivity index (χ0v) is 12.8. The van der Waals surface area contributed by atoms with Crippen LogP contribution >= 0.6 is 11.8 Å². The van der Waals surface area contributed by atoms with Crippen LogP contribution in [0.15, 0.2) is 28.8 Å². The Labute approximate surface area is 129 Å². The first-order valence-electron chi connectivity index (χ1n) is 7.51. The van der Waals surface area contributed by atoms with Gasteiger partial charge in [-0.1, -0.05) is 42.6 Å². The van der Waals surface area contributed by atoms with Crippen LogP contribution in [0.25, 0.3) is 0 Å². The number of hydrogen-bond donors (Lipinski definition) is 1. The molecule has 1 aromatic carbocycles. The molecule has 21 heavy (non-hydrogen) atoms. The summed E-state index contributed by atoms with van der Waals surface area (Å²) >= 11 is 1.94. The highest BCUT2D eigenvalue weighted by atomic mass is 32.2. The molecule has 0 bridgehead atoms. The number of phenols is 1. The number of hydrogen-bond acceptors (Lipinski definition) is 5. The summed E-state index contributed by atoms with van der Waals surface area (Å²) in [6.45, 7) is 0. The molecular formula is C16H20N2O2S. The fourth-order valence-corrected chi connectivity index (χ4v) is 3.84. The van der Waals surface area contributed by atoms with Gasteiger partial charge in [0.1, 0.15) is 5.75 Å². The average molecular weight is 304 g/mol. The van der Waals surface area contributed by atoms with Gasteiger partial charge in [-0.3, -0.25) is 0 Å². The first-order valence-corrected chi connectivity index (χ1v) is 8.56. The van der Waals surface area contributed by atoms with Crippen LogP contribution in [0.3, 0.4) is 0 Å². The van der Waals surface area contributed by atoms with E-state index in [1.807, 2.05) is 23.9 Å². The molecule has 1 N–H and O–H groups in total. The van der Waals surface area contributed by atoms with E-state index in [4.69, 9.17) is 4.52 Å². The van der Waals surface area contributed by atoms with E-state index >= 15 is 0 Å². The average Bonchev–Trinajstić information content (AvgIpc) is 2.96. The zero-order valence-electron chi connectivity index (χ0n) is 12.0. The van der Waals surface area contributed by atoms with Crippen LogP contribution in [-0.4, -0.2) is 20.5 Å². The van der Waals surface area contributed by atoms with E-state index < -0.39 is 0 Å². The molecule has 1 aromatic heterocycles. The number of para-hydroxylation sites is 1. The largest absolute Gasteiger partial charge is 0.508 e. The molecule has 1 aliphatic carbocycles. The Morgan fingerprint density at radius 2 is 2.00 bits per heavy atom. The number of phenolic OH excluding ortho intramolecular Hbond substituents is 1. The minimum atomic E-state index is 0.272. The Bertz CT molecular complexity index is 579. The summed E-state index contributed by atoms with van der Waals surface area (Å²) < 4.78 is 5.28. The molecule has 1 heterocycles. The lowest BCUT2D eigenvalue weighted by atomic mass is 10.0. The van der Waals surface area contributed by atoms with Crippen molar-refractivity contribution in [1.29, 1.82) is 0 Å². The normalized spacial score (nSPS) is 16.2. The lowest BCUT2D eigenvalue weighted by Crippen LogP contribution is -2.08. The molecule has 2 aromatic rings. The van der Waals surface area contributed by atoms with Crippen molar-refractivity contribution in [3.63, 3.8) is 0 Å². The van der Waals surface area contributed by atoms with Gasteiger partial charge in [0.05, 0.1) is 12.2 Å². The van der Waals surface area contributed by atoms with Gasteiger partial charge in [0.25, 0.3) is 0 Å². The van der Waals surface area contributed by atoms with Crippen molar-refractivity contribution < 1.29 is 9.63 Å². The maximum Gasteiger partial charge on any atom is 0.231 e. The molecule has 0 amide bonds. The molecule has 0 radical (unpaired) electrons. The zero-order chi connectivity index (χ0) is 14.5. The van der Waals surface area contributed by atoms with E-state index in [2.05, 4.69) is 10.1 Å². The van der Waals surface area contributed by atoms with Crippen molar-refractivity contribution in [2.24, 2.45) is 0 Å². The van der Waals surface area contributed by atoms with Gasteiger partial charge in [0.15, 0.2) is 5.82 Å². The van der Waals surface area contributed by atoms with Crippen LogP contribution in [0.2, 0.25) is 0 Å². The van der Waals surface area contributed by atoms with Gasteiger partial charge >= 0.3 is 0 Å². The van der Waals surface area contributed by atoms with Gasteiger partial charge in [-0.2, -0.15) is 16.7 Å². The van der Waals surface area contributed by atoms with E-state index in [0.717, 1.165) is 22.4 Å². The molecule has 1 fully saturated rings. The standard InChI is InChI=1S/C16H20N2O2S/c19-14-9-5-4-6-12(14)10-16-17-15(18-20-16)11-21-13-7-2-1-3-8-13/h4-6,9,13,19H,1-3,7-8,10-11H2. The summed E-state index contributed by atoms with van der Waals surface area (Å²) in [5.41, 5.74) is 0.813. The molecule has 0 saturated heterocycles. The van der Waals surface area contributed by atoms with Crippen molar-refractivity contribution in [1.82, 2.24) is 10.1 Å². The number of rotatable bonds is 5. The minimum absolute atomic E-state index is 0.272. The summed E-state index contributed by atoms with van der Waals surface area (Å²) in [4.78, 5) is 4.42. The monoisotopic (exact) mass is 304 g/mol. The third-order valence-electron chi connectivity index (χ3n) is 3.84. The quantitative estimate of drug-likeness (QED) is 0.907. The van der Waals surface area contributed by atoms with E-state index in [-0.39, 0.29) is 5.75 Å². The number of nitrogens with zero attached hydrogens (tertiary/aromatic N) is 2. The Morgan fingerprint density at radius 1 is 1.19 bits per heavy atom. The second kappa shape index (κ2) is 6.98. The van der Waals surface area contributed by atoms with Gasteiger partial charge in [0.2, 0.25) is 5.89 Å². The molecular weight excluding hydrogens is 284 g/mol. The van der Waals surface area contributed by atoms with Crippen molar-refractivity contribution in [2.75, 3.05) is 0 Å². The molecule has 4 nitrogen and oxygen atoms in total. The number of aromatic hydroxyl groups is 1. The van der Waals surface area contributed by atoms with Crippen molar-refractivity contribution in [3.8, 4) is 5.75 Å². The fraction of sp³-hybridized carbons (Fsp3) is 0.500. The maximum absolute atomic E-state index is 9.76. The third-order valence-corrected chi connectivity index (χ3v) is 5.21. The van der Waals surface area contributed by atoms with Crippen LogP contribution in [0.1, 0.15) is 49.4 Å². The molecule has 0 atom stereocenters. The number of thioether (sulfide) groups is 1. The second-order valence-corrected chi connectivity index (χ2v) is 6.77. The number of benzene rings is 1. The van der Waals surface area contributed by atoms with E-state index in [1.165, 1.54) is 32.1 Å². The Hall–Kier alpha value is -1.49. The Balaban J connectivity index is 1.55. The van der Waals surface area contributed by atoms with Gasteiger partial charge in [-0.15, -0.1) is 0 Å². The van der Waals surface area contributed by atoms with Crippen molar-refractivity contribution >= 4 is 11.8 Å². The van der Waals surface area contributed by atoms with Gasteiger partial charge in [-0.05, 0) is 18.9 Å². The SMILES string of the molecule is Oc1ccccc1Cc1nc(CSC2CCCCC2)no1. The molecule has 1 aliphatic rings. The van der Waals surface area contributed by atoms with E-state index in [1.54, 1.807) is 12.1 Å². The minimum Gasteiger partial charge on any atom is -0.508 e. The highest BCUT2D eigenvalue weighted by Crippen LogP contribution is 2.30. The Morgan fingerprint density at radius 3 is 2.81 bits per heavy atom. The summed E-state index contributed by atoms with van der Waals surface area (Å²) in [6, 6.07) is 7.24. The smallest absolute Gasteiger partial charge is 0.231 e. The van der Waals surface area contributed by atoms with Crippen LogP contribution < -0.4 is 0 Å². The van der Waals surface area contributed by atoms with E-state index in [9.17, 15) is 5.11 Å². The van der Waals surface area contributed by atoms with Crippen LogP contribution in [0, 0.1) is 0 Å². The van der Waals surface area contributed by atoms with Crippen molar-refractivity contribution in [2.45, 2.75) is 49.5 Å². The summed E-state index contributed by atoms with van der Waals surface area (Å²) in [5.74, 6) is 2.41. The number of aromatic nitrogens is 2. The highest BCUT2D eigenvalue weighted by molar-refractivity contribution is 7.99. The van der Waals surface area contributed by atoms with Crippen LogP contribution in [0.5, 0.6) is 5.75 Å². The molecule has 3 rings (SSSR count). The highest BCUT2D eigenvalue weighted by Gasteiger charge is 2.16. The first kappa shape index (κ1) is 14.4. The van der Waals surface area contributed by atoms with E-state index in [0.29, 0.717) is 12.3 Å². The molecule has 112 valence electrons. The van der Waals surface area contributed by atoms with Crippen LogP contribution in [-0.2, 0) is 12.2 Å². The lowest BCUT2D eigenvalue weighted by Gasteiger charge is -2.19. The fourth-order valence-electron chi connectivity index (χ4n) is 2.67. The summed E-state index contributed by atoms with van der Waals surface area (Å²) in [7, 11) is 0. The van der Waals surface area contributed by atoms with Gasteiger partial charge in [0, 0.05) is 10.8 Å². The molecule has 0 aliphatic heterocycles. The molecule has 0 spiro atoms. The predicted molar refractivity (Wildman–Crippen MR) is 83.4 cm³/mol. The Kier molecular flexibility index (Phi) is 4.80. The lowest BCUT2D eigenvalue weighted by molar-refractivity contribution is 0.378. The topological polar surface area (TPSA) is 59.2 Å². The predicted octanol–water partition coefficient (Wildman–Crippen LogP) is 3.93. The third kappa shape index (κ3) is 4.00. The molecule has 1 saturated carbocycles. The second-order valence-electron chi connectivity index (χ2n) is 5.48. The molecule has 5 heteroatoms. The summed E-state index contributed by atoms with van der Waals surface area (Å²) in [5, 5.41) is 14.5. The van der Waals surface area contributed by atoms with Crippen molar-refractivity contribution in [3.05, 3.63) is 41.5 Å². The first-order chi connectivity index (χ1) is 10.3. The van der Waals surface area contributed by atoms with Gasteiger partial charge in [-0.25, -0.2) is 0 Å². The van der Waals surface area contributed by atoms with Crippen LogP contribution in [0.4, 0.5) is 0 Å². The van der Waals surface area contributed by atoms with Gasteiger partial charge < -0.3 is 9.63 Å². The maximum atomic E-state index is 9.76.